The van der Waals surface area contributed by atoms with E-state index in [0.29, 0.717) is 5.02 Å². The number of nitrogens with two attached hydrogens (primary N) is 1. The SMILES string of the molecule is Cn1cc(CCC(N)c2cccc(Br)c2Cl)cn1. The second kappa shape index (κ2) is 5.87. The van der Waals surface area contributed by atoms with Crippen molar-refractivity contribution in [3.05, 3.63) is 51.2 Å². The fourth-order valence-corrected chi connectivity index (χ4v) is 2.53. The van der Waals surface area contributed by atoms with Crippen molar-refractivity contribution < 1.29 is 0 Å². The lowest BCUT2D eigenvalue weighted by Gasteiger charge is -2.14. The molecule has 0 aliphatic carbocycles. The van der Waals surface area contributed by atoms with Gasteiger partial charge < -0.3 is 5.73 Å². The molecule has 1 aromatic heterocycles. The standard InChI is InChI=1S/C13H15BrClN3/c1-18-8-9(7-17-18)5-6-12(16)10-3-2-4-11(14)13(10)15/h2-4,7-8,12H,5-6,16H2,1H3. The van der Waals surface area contributed by atoms with Crippen LogP contribution in [0.4, 0.5) is 0 Å². The maximum Gasteiger partial charge on any atom is 0.0595 e. The first kappa shape index (κ1) is 13.6. The number of aryl methyl sites for hydroxylation is 2. The Morgan fingerprint density at radius 1 is 1.50 bits per heavy atom. The van der Waals surface area contributed by atoms with Crippen molar-refractivity contribution in [2.75, 3.05) is 0 Å². The summed E-state index contributed by atoms with van der Waals surface area (Å²) in [5, 5.41) is 4.85. The highest BCUT2D eigenvalue weighted by Gasteiger charge is 2.12. The lowest BCUT2D eigenvalue weighted by molar-refractivity contribution is 0.651. The van der Waals surface area contributed by atoms with Gasteiger partial charge in [-0.05, 0) is 46.0 Å². The Hall–Kier alpha value is -0.840. The Morgan fingerprint density at radius 3 is 2.94 bits per heavy atom. The minimum Gasteiger partial charge on any atom is -0.324 e. The molecule has 0 saturated carbocycles. The fraction of sp³-hybridized carbons (Fsp3) is 0.308. The third-order valence-corrected chi connectivity index (χ3v) is 4.19. The number of rotatable bonds is 4. The molecule has 1 unspecified atom stereocenters. The number of hydrogen-bond acceptors (Lipinski definition) is 2. The van der Waals surface area contributed by atoms with Crippen LogP contribution in [0.3, 0.4) is 0 Å². The molecule has 2 aromatic rings. The molecular formula is C13H15BrClN3. The molecule has 5 heteroatoms. The average molecular weight is 329 g/mol. The molecule has 0 spiro atoms. The van der Waals surface area contributed by atoms with Crippen molar-refractivity contribution in [1.82, 2.24) is 9.78 Å². The van der Waals surface area contributed by atoms with Crippen molar-refractivity contribution in [3.63, 3.8) is 0 Å². The normalized spacial score (nSPS) is 12.7. The Balaban J connectivity index is 2.03. The summed E-state index contributed by atoms with van der Waals surface area (Å²) < 4.78 is 2.69. The molecular weight excluding hydrogens is 314 g/mol. The van der Waals surface area contributed by atoms with E-state index in [1.165, 1.54) is 5.56 Å². The van der Waals surface area contributed by atoms with Gasteiger partial charge in [-0.25, -0.2) is 0 Å². The molecule has 0 saturated heterocycles. The lowest BCUT2D eigenvalue weighted by atomic mass is 10.0. The van der Waals surface area contributed by atoms with Gasteiger partial charge in [-0.2, -0.15) is 5.10 Å². The highest BCUT2D eigenvalue weighted by atomic mass is 79.9. The molecule has 0 fully saturated rings. The van der Waals surface area contributed by atoms with E-state index in [1.807, 2.05) is 37.6 Å². The third kappa shape index (κ3) is 3.13. The minimum atomic E-state index is -0.0600. The van der Waals surface area contributed by atoms with Gasteiger partial charge in [0.1, 0.15) is 0 Å². The molecule has 18 heavy (non-hydrogen) atoms. The van der Waals surface area contributed by atoms with Crippen LogP contribution >= 0.6 is 27.5 Å². The maximum atomic E-state index is 6.23. The molecule has 96 valence electrons. The van der Waals surface area contributed by atoms with Gasteiger partial charge in [-0.15, -0.1) is 0 Å². The molecule has 0 aliphatic heterocycles. The second-order valence-corrected chi connectivity index (χ2v) is 5.54. The van der Waals surface area contributed by atoms with Gasteiger partial charge in [-0.1, -0.05) is 23.7 Å². The van der Waals surface area contributed by atoms with E-state index in [2.05, 4.69) is 21.0 Å². The van der Waals surface area contributed by atoms with Crippen molar-refractivity contribution in [1.29, 1.82) is 0 Å². The first-order valence-electron chi connectivity index (χ1n) is 5.75. The Kier molecular flexibility index (Phi) is 4.43. The summed E-state index contributed by atoms with van der Waals surface area (Å²) in [6.07, 6.45) is 5.63. The highest BCUT2D eigenvalue weighted by Crippen LogP contribution is 2.30. The minimum absolute atomic E-state index is 0.0600. The van der Waals surface area contributed by atoms with Gasteiger partial charge in [0.15, 0.2) is 0 Å². The van der Waals surface area contributed by atoms with Crippen LogP contribution in [0.1, 0.15) is 23.6 Å². The molecule has 0 radical (unpaired) electrons. The molecule has 2 N–H and O–H groups in total. The Morgan fingerprint density at radius 2 is 2.28 bits per heavy atom. The van der Waals surface area contributed by atoms with E-state index in [0.717, 1.165) is 22.9 Å². The smallest absolute Gasteiger partial charge is 0.0595 e. The summed E-state index contributed by atoms with van der Waals surface area (Å²) in [4.78, 5) is 0. The quantitative estimate of drug-likeness (QED) is 0.934. The molecule has 1 atom stereocenters. The van der Waals surface area contributed by atoms with Crippen molar-refractivity contribution in [2.24, 2.45) is 12.8 Å². The summed E-state index contributed by atoms with van der Waals surface area (Å²) in [5.41, 5.74) is 8.36. The first-order chi connectivity index (χ1) is 8.58. The molecule has 3 nitrogen and oxygen atoms in total. The molecule has 1 aromatic carbocycles. The van der Waals surface area contributed by atoms with Crippen LogP contribution in [0, 0.1) is 0 Å². The lowest BCUT2D eigenvalue weighted by Crippen LogP contribution is -2.12. The van der Waals surface area contributed by atoms with Gasteiger partial charge >= 0.3 is 0 Å². The topological polar surface area (TPSA) is 43.8 Å². The van der Waals surface area contributed by atoms with Gasteiger partial charge in [0, 0.05) is 23.8 Å². The van der Waals surface area contributed by atoms with Crippen LogP contribution < -0.4 is 5.73 Å². The van der Waals surface area contributed by atoms with Crippen LogP contribution in [0.25, 0.3) is 0 Å². The molecule has 2 rings (SSSR count). The highest BCUT2D eigenvalue weighted by molar-refractivity contribution is 9.10. The molecule has 0 aliphatic rings. The van der Waals surface area contributed by atoms with E-state index >= 15 is 0 Å². The van der Waals surface area contributed by atoms with Crippen LogP contribution in [0.5, 0.6) is 0 Å². The van der Waals surface area contributed by atoms with E-state index in [1.54, 1.807) is 4.68 Å². The number of halogens is 2. The van der Waals surface area contributed by atoms with Gasteiger partial charge in [0.05, 0.1) is 11.2 Å². The summed E-state index contributed by atoms with van der Waals surface area (Å²) in [6, 6.07) is 5.78. The van der Waals surface area contributed by atoms with Gasteiger partial charge in [0.25, 0.3) is 0 Å². The Bertz CT molecular complexity index is 539. The van der Waals surface area contributed by atoms with E-state index in [4.69, 9.17) is 17.3 Å². The molecule has 1 heterocycles. The summed E-state index contributed by atoms with van der Waals surface area (Å²) in [5.74, 6) is 0. The zero-order chi connectivity index (χ0) is 13.1. The maximum absolute atomic E-state index is 6.23. The summed E-state index contributed by atoms with van der Waals surface area (Å²) >= 11 is 9.64. The van der Waals surface area contributed by atoms with E-state index in [9.17, 15) is 0 Å². The largest absolute Gasteiger partial charge is 0.324 e. The van der Waals surface area contributed by atoms with Gasteiger partial charge in [0.2, 0.25) is 0 Å². The zero-order valence-corrected chi connectivity index (χ0v) is 12.4. The average Bonchev–Trinajstić information content (AvgIpc) is 2.76. The van der Waals surface area contributed by atoms with Crippen LogP contribution in [-0.4, -0.2) is 9.78 Å². The zero-order valence-electron chi connectivity index (χ0n) is 10.1. The van der Waals surface area contributed by atoms with Crippen molar-refractivity contribution in [2.45, 2.75) is 18.9 Å². The number of hydrogen-bond donors (Lipinski definition) is 1. The van der Waals surface area contributed by atoms with Crippen molar-refractivity contribution in [3.8, 4) is 0 Å². The van der Waals surface area contributed by atoms with E-state index < -0.39 is 0 Å². The van der Waals surface area contributed by atoms with Crippen LogP contribution in [0.2, 0.25) is 5.02 Å². The number of aromatic nitrogens is 2. The van der Waals surface area contributed by atoms with Crippen LogP contribution in [-0.2, 0) is 13.5 Å². The predicted octanol–water partition coefficient (Wildman–Crippen LogP) is 3.47. The van der Waals surface area contributed by atoms with E-state index in [-0.39, 0.29) is 6.04 Å². The second-order valence-electron chi connectivity index (χ2n) is 4.31. The first-order valence-corrected chi connectivity index (χ1v) is 6.92. The predicted molar refractivity (Wildman–Crippen MR) is 77.6 cm³/mol. The molecule has 0 bridgehead atoms. The fourth-order valence-electron chi connectivity index (χ4n) is 1.89. The van der Waals surface area contributed by atoms with Crippen molar-refractivity contribution >= 4 is 27.5 Å². The van der Waals surface area contributed by atoms with Crippen LogP contribution in [0.15, 0.2) is 35.1 Å². The Labute approximate surface area is 120 Å². The third-order valence-electron chi connectivity index (χ3n) is 2.88. The summed E-state index contributed by atoms with van der Waals surface area (Å²) in [6.45, 7) is 0. The monoisotopic (exact) mass is 327 g/mol. The number of benzene rings is 1. The number of nitrogens with zero attached hydrogens (tertiary/aromatic N) is 2. The summed E-state index contributed by atoms with van der Waals surface area (Å²) in [7, 11) is 1.91. The van der Waals surface area contributed by atoms with Gasteiger partial charge in [-0.3, -0.25) is 4.68 Å². The molecule has 0 amide bonds.